The fourth-order valence-electron chi connectivity index (χ4n) is 2.65. The molecule has 1 N–H and O–H groups in total. The van der Waals surface area contributed by atoms with Gasteiger partial charge < -0.3 is 15.0 Å². The number of nitrogens with one attached hydrogen (secondary N) is 1. The zero-order valence-electron chi connectivity index (χ0n) is 14.6. The Kier molecular flexibility index (Phi) is 6.15. The molecule has 7 nitrogen and oxygen atoms in total. The van der Waals surface area contributed by atoms with Crippen LogP contribution in [0.1, 0.15) is 5.56 Å². The molecule has 1 aliphatic heterocycles. The number of nitrogens with zero attached hydrogens (tertiary/aromatic N) is 4. The molecule has 1 aromatic heterocycles. The summed E-state index contributed by atoms with van der Waals surface area (Å²) in [7, 11) is 0. The average Bonchev–Trinajstić information content (AvgIpc) is 3.09. The molecule has 1 aliphatic rings. The number of ether oxygens (including phenoxy) is 1. The molecule has 0 spiro atoms. The van der Waals surface area contributed by atoms with Crippen LogP contribution in [0.15, 0.2) is 29.4 Å². The lowest BCUT2D eigenvalue weighted by molar-refractivity contribution is -0.118. The molecule has 3 rings (SSSR count). The van der Waals surface area contributed by atoms with Crippen molar-refractivity contribution in [2.24, 2.45) is 0 Å². The van der Waals surface area contributed by atoms with E-state index < -0.39 is 0 Å². The van der Waals surface area contributed by atoms with Crippen LogP contribution in [-0.2, 0) is 9.53 Å². The number of rotatable bonds is 6. The summed E-state index contributed by atoms with van der Waals surface area (Å²) in [5.74, 6) is 3.27. The molecule has 2 heterocycles. The Balaban J connectivity index is 1.87. The number of aryl methyl sites for hydroxylation is 1. The molecule has 1 saturated heterocycles. The Bertz CT molecular complexity index is 808. The molecule has 136 valence electrons. The van der Waals surface area contributed by atoms with Gasteiger partial charge in [-0.15, -0.1) is 16.6 Å². The smallest absolute Gasteiger partial charge is 0.232 e. The lowest BCUT2D eigenvalue weighted by atomic mass is 10.2. The molecule has 1 fully saturated rings. The summed E-state index contributed by atoms with van der Waals surface area (Å²) in [6.45, 7) is 5.12. The van der Waals surface area contributed by atoms with E-state index in [9.17, 15) is 4.79 Å². The molecular formula is C18H21N5O2S. The Morgan fingerprint density at radius 3 is 2.92 bits per heavy atom. The standard InChI is InChI=1S/C18H21N5O2S/c1-3-7-19-16(24)13-26-18-21-20-17(22-8-10-25-11-9-22)23(18)15-6-4-5-14(2)12-15/h1,4-6,12H,7-11,13H2,2H3,(H,19,24). The van der Waals surface area contributed by atoms with E-state index in [4.69, 9.17) is 11.2 Å². The molecule has 0 bridgehead atoms. The van der Waals surface area contributed by atoms with Crippen molar-refractivity contribution in [1.82, 2.24) is 20.1 Å². The predicted octanol–water partition coefficient (Wildman–Crippen LogP) is 1.25. The second kappa shape index (κ2) is 8.74. The van der Waals surface area contributed by atoms with Gasteiger partial charge in [-0.2, -0.15) is 0 Å². The van der Waals surface area contributed by atoms with Gasteiger partial charge in [0, 0.05) is 13.1 Å². The van der Waals surface area contributed by atoms with Crippen molar-refractivity contribution < 1.29 is 9.53 Å². The topological polar surface area (TPSA) is 72.3 Å². The van der Waals surface area contributed by atoms with Crippen molar-refractivity contribution in [3.63, 3.8) is 0 Å². The number of thioether (sulfide) groups is 1. The van der Waals surface area contributed by atoms with Crippen LogP contribution in [0.4, 0.5) is 5.95 Å². The van der Waals surface area contributed by atoms with Gasteiger partial charge in [0.05, 0.1) is 31.2 Å². The first-order chi connectivity index (χ1) is 12.7. The molecule has 26 heavy (non-hydrogen) atoms. The van der Waals surface area contributed by atoms with Crippen LogP contribution in [-0.4, -0.2) is 59.3 Å². The first-order valence-corrected chi connectivity index (χ1v) is 9.35. The Labute approximate surface area is 157 Å². The molecule has 1 amide bonds. The molecule has 0 unspecified atom stereocenters. The number of anilines is 1. The number of carbonyl (C=O) groups excluding carboxylic acids is 1. The lowest BCUT2D eigenvalue weighted by Crippen LogP contribution is -2.37. The van der Waals surface area contributed by atoms with Gasteiger partial charge in [-0.1, -0.05) is 29.8 Å². The van der Waals surface area contributed by atoms with Crippen LogP contribution in [0.2, 0.25) is 0 Å². The maximum Gasteiger partial charge on any atom is 0.232 e. The maximum absolute atomic E-state index is 11.9. The maximum atomic E-state index is 11.9. The van der Waals surface area contributed by atoms with Gasteiger partial charge in [-0.3, -0.25) is 9.36 Å². The highest BCUT2D eigenvalue weighted by Crippen LogP contribution is 2.27. The number of hydrogen-bond donors (Lipinski definition) is 1. The fraction of sp³-hybridized carbons (Fsp3) is 0.389. The third-order valence-electron chi connectivity index (χ3n) is 3.89. The summed E-state index contributed by atoms with van der Waals surface area (Å²) in [4.78, 5) is 14.0. The minimum Gasteiger partial charge on any atom is -0.378 e. The van der Waals surface area contributed by atoms with Crippen molar-refractivity contribution in [3.05, 3.63) is 29.8 Å². The third kappa shape index (κ3) is 4.36. The highest BCUT2D eigenvalue weighted by molar-refractivity contribution is 7.99. The molecular weight excluding hydrogens is 350 g/mol. The molecule has 0 aliphatic carbocycles. The van der Waals surface area contributed by atoms with Crippen LogP contribution in [0.5, 0.6) is 0 Å². The lowest BCUT2D eigenvalue weighted by Gasteiger charge is -2.28. The van der Waals surface area contributed by atoms with Gasteiger partial charge in [-0.05, 0) is 24.6 Å². The van der Waals surface area contributed by atoms with Crippen molar-refractivity contribution in [2.75, 3.05) is 43.5 Å². The summed E-state index contributed by atoms with van der Waals surface area (Å²) < 4.78 is 7.43. The van der Waals surface area contributed by atoms with E-state index in [1.807, 2.05) is 29.7 Å². The van der Waals surface area contributed by atoms with Gasteiger partial charge in [0.25, 0.3) is 0 Å². The minimum atomic E-state index is -0.125. The highest BCUT2D eigenvalue weighted by atomic mass is 32.2. The minimum absolute atomic E-state index is 0.125. The monoisotopic (exact) mass is 371 g/mol. The number of carbonyl (C=O) groups is 1. The Morgan fingerprint density at radius 1 is 1.38 bits per heavy atom. The summed E-state index contributed by atoms with van der Waals surface area (Å²) in [6, 6.07) is 8.14. The number of morpholine rings is 1. The van der Waals surface area contributed by atoms with E-state index in [2.05, 4.69) is 32.4 Å². The van der Waals surface area contributed by atoms with Gasteiger partial charge in [0.1, 0.15) is 0 Å². The quantitative estimate of drug-likeness (QED) is 0.609. The van der Waals surface area contributed by atoms with E-state index in [-0.39, 0.29) is 18.2 Å². The highest BCUT2D eigenvalue weighted by Gasteiger charge is 2.22. The normalized spacial score (nSPS) is 14.1. The first-order valence-electron chi connectivity index (χ1n) is 8.37. The first kappa shape index (κ1) is 18.3. The second-order valence-electron chi connectivity index (χ2n) is 5.83. The Hall–Kier alpha value is -2.50. The second-order valence-corrected chi connectivity index (χ2v) is 6.77. The van der Waals surface area contributed by atoms with Crippen molar-refractivity contribution >= 4 is 23.6 Å². The molecule has 0 saturated carbocycles. The molecule has 0 radical (unpaired) electrons. The average molecular weight is 371 g/mol. The van der Waals surface area contributed by atoms with E-state index in [1.165, 1.54) is 11.8 Å². The number of hydrogen-bond acceptors (Lipinski definition) is 6. The number of terminal acetylenes is 1. The van der Waals surface area contributed by atoms with Gasteiger partial charge >= 0.3 is 0 Å². The van der Waals surface area contributed by atoms with Crippen LogP contribution in [0, 0.1) is 19.3 Å². The summed E-state index contributed by atoms with van der Waals surface area (Å²) in [6.07, 6.45) is 5.17. The zero-order valence-corrected chi connectivity index (χ0v) is 15.5. The number of benzene rings is 1. The fourth-order valence-corrected chi connectivity index (χ4v) is 3.42. The Morgan fingerprint density at radius 2 is 2.19 bits per heavy atom. The van der Waals surface area contributed by atoms with Crippen molar-refractivity contribution in [1.29, 1.82) is 0 Å². The third-order valence-corrected chi connectivity index (χ3v) is 4.82. The van der Waals surface area contributed by atoms with E-state index in [0.29, 0.717) is 18.4 Å². The van der Waals surface area contributed by atoms with E-state index in [1.54, 1.807) is 0 Å². The van der Waals surface area contributed by atoms with Crippen LogP contribution >= 0.6 is 11.8 Å². The zero-order chi connectivity index (χ0) is 18.4. The summed E-state index contributed by atoms with van der Waals surface area (Å²) >= 11 is 1.34. The molecule has 2 aromatic rings. The van der Waals surface area contributed by atoms with Gasteiger partial charge in [-0.25, -0.2) is 0 Å². The van der Waals surface area contributed by atoms with E-state index in [0.717, 1.165) is 30.3 Å². The molecule has 1 aromatic carbocycles. The summed E-state index contributed by atoms with van der Waals surface area (Å²) in [5, 5.41) is 12.0. The van der Waals surface area contributed by atoms with Crippen molar-refractivity contribution in [3.8, 4) is 18.0 Å². The molecule has 0 atom stereocenters. The van der Waals surface area contributed by atoms with Crippen LogP contribution in [0.3, 0.4) is 0 Å². The summed E-state index contributed by atoms with van der Waals surface area (Å²) in [5.41, 5.74) is 2.12. The van der Waals surface area contributed by atoms with Crippen LogP contribution < -0.4 is 10.2 Å². The van der Waals surface area contributed by atoms with E-state index >= 15 is 0 Å². The van der Waals surface area contributed by atoms with Gasteiger partial charge in [0.2, 0.25) is 11.9 Å². The predicted molar refractivity (Wildman–Crippen MR) is 102 cm³/mol. The molecule has 8 heteroatoms. The number of amides is 1. The largest absolute Gasteiger partial charge is 0.378 e. The SMILES string of the molecule is C#CCNC(=O)CSc1nnc(N2CCOCC2)n1-c1cccc(C)c1. The number of aromatic nitrogens is 3. The van der Waals surface area contributed by atoms with Gasteiger partial charge in [0.15, 0.2) is 5.16 Å². The van der Waals surface area contributed by atoms with Crippen molar-refractivity contribution in [2.45, 2.75) is 12.1 Å². The van der Waals surface area contributed by atoms with Crippen LogP contribution in [0.25, 0.3) is 5.69 Å².